The lowest BCUT2D eigenvalue weighted by Gasteiger charge is -1.63. The summed E-state index contributed by atoms with van der Waals surface area (Å²) < 4.78 is 0. The van der Waals surface area contributed by atoms with Crippen LogP contribution in [0.25, 0.3) is 0 Å². The van der Waals surface area contributed by atoms with E-state index in [0.717, 1.165) is 0 Å². The zero-order valence-corrected chi connectivity index (χ0v) is 5.16. The van der Waals surface area contributed by atoms with E-state index in [1.807, 2.05) is 0 Å². The van der Waals surface area contributed by atoms with Gasteiger partial charge in [0.25, 0.3) is 0 Å². The first-order valence-electron chi connectivity index (χ1n) is 1.23. The first kappa shape index (κ1) is 6.18. The summed E-state index contributed by atoms with van der Waals surface area (Å²) in [5.74, 6) is 0. The summed E-state index contributed by atoms with van der Waals surface area (Å²) in [6.45, 7) is 0. The Morgan fingerprint density at radius 1 is 1.83 bits per heavy atom. The Labute approximate surface area is 49.1 Å². The van der Waals surface area contributed by atoms with Crippen LogP contribution in [-0.2, 0) is 4.79 Å². The second-order valence-corrected chi connectivity index (χ2v) is 1.50. The molecule has 0 saturated carbocycles. The van der Waals surface area contributed by atoms with E-state index in [-0.39, 0.29) is 0 Å². The third-order valence-corrected chi connectivity index (χ3v) is 0.584. The van der Waals surface area contributed by atoms with Crippen molar-refractivity contribution in [1.29, 1.82) is 0 Å². The van der Waals surface area contributed by atoms with Crippen LogP contribution in [0.4, 0.5) is 0 Å². The van der Waals surface area contributed by atoms with Gasteiger partial charge in [0.2, 0.25) is 5.24 Å². The van der Waals surface area contributed by atoms with Crippen LogP contribution in [0.5, 0.6) is 0 Å². The van der Waals surface area contributed by atoms with Crippen molar-refractivity contribution < 1.29 is 4.79 Å². The molecule has 0 fully saturated rings. The van der Waals surface area contributed by atoms with Crippen molar-refractivity contribution in [2.75, 3.05) is 0 Å². The van der Waals surface area contributed by atoms with E-state index in [4.69, 9.17) is 11.6 Å². The van der Waals surface area contributed by atoms with Crippen LogP contribution < -0.4 is 0 Å². The van der Waals surface area contributed by atoms with Gasteiger partial charge in [-0.3, -0.25) is 4.79 Å². The van der Waals surface area contributed by atoms with Gasteiger partial charge in [0.05, 0.1) is 0 Å². The van der Waals surface area contributed by atoms with Gasteiger partial charge in [-0.15, -0.1) is 0 Å². The Balaban J connectivity index is 3.30. The van der Waals surface area contributed by atoms with Crippen molar-refractivity contribution in [3.05, 3.63) is 11.1 Å². The number of hydrogen-bond acceptors (Lipinski definition) is 1. The van der Waals surface area contributed by atoms with Crippen LogP contribution in [0, 0.1) is 0 Å². The van der Waals surface area contributed by atoms with Gasteiger partial charge in [0.1, 0.15) is 0 Å². The van der Waals surface area contributed by atoms with Crippen molar-refractivity contribution in [2.24, 2.45) is 0 Å². The van der Waals surface area contributed by atoms with Crippen molar-refractivity contribution >= 4 is 32.8 Å². The van der Waals surface area contributed by atoms with E-state index >= 15 is 0 Å². The summed E-state index contributed by atoms with van der Waals surface area (Å²) in [5, 5.41) is -0.466. The van der Waals surface area contributed by atoms with E-state index in [9.17, 15) is 4.79 Å². The second-order valence-electron chi connectivity index (χ2n) is 0.597. The molecule has 0 saturated heterocycles. The van der Waals surface area contributed by atoms with E-state index in [2.05, 4.69) is 15.9 Å². The molecule has 0 aromatic carbocycles. The van der Waals surface area contributed by atoms with Gasteiger partial charge in [0, 0.05) is 6.08 Å². The molecular formula is C3H2BrClO. The second kappa shape index (κ2) is 3.37. The van der Waals surface area contributed by atoms with Crippen LogP contribution in [0.15, 0.2) is 11.1 Å². The average Bonchev–Trinajstić information content (AvgIpc) is 1.35. The summed E-state index contributed by atoms with van der Waals surface area (Å²) in [5.41, 5.74) is 0. The molecule has 0 aliphatic carbocycles. The molecule has 3 heteroatoms. The molecule has 0 rings (SSSR count). The van der Waals surface area contributed by atoms with Crippen molar-refractivity contribution in [3.63, 3.8) is 0 Å². The molecular weight excluding hydrogens is 167 g/mol. The van der Waals surface area contributed by atoms with Gasteiger partial charge in [-0.25, -0.2) is 0 Å². The molecule has 0 radical (unpaired) electrons. The van der Waals surface area contributed by atoms with Gasteiger partial charge in [-0.2, -0.15) is 0 Å². The Hall–Kier alpha value is 0.180. The topological polar surface area (TPSA) is 17.1 Å². The molecule has 0 bridgehead atoms. The van der Waals surface area contributed by atoms with Gasteiger partial charge < -0.3 is 0 Å². The Morgan fingerprint density at radius 2 is 2.33 bits per heavy atom. The molecule has 0 aliphatic heterocycles. The zero-order chi connectivity index (χ0) is 4.99. The maximum atomic E-state index is 9.69. The largest absolute Gasteiger partial charge is 0.276 e. The molecule has 0 heterocycles. The van der Waals surface area contributed by atoms with E-state index in [1.54, 1.807) is 0 Å². The number of carbonyl (C=O) groups excluding carboxylic acids is 1. The van der Waals surface area contributed by atoms with Crippen molar-refractivity contribution in [3.8, 4) is 0 Å². The first-order valence-corrected chi connectivity index (χ1v) is 2.53. The van der Waals surface area contributed by atoms with Crippen molar-refractivity contribution in [1.82, 2.24) is 0 Å². The zero-order valence-electron chi connectivity index (χ0n) is 2.82. The maximum Gasteiger partial charge on any atom is 0.245 e. The van der Waals surface area contributed by atoms with Gasteiger partial charge in [-0.05, 0) is 16.6 Å². The molecule has 0 aromatic heterocycles. The summed E-state index contributed by atoms with van der Waals surface area (Å²) in [6, 6.07) is 0. The van der Waals surface area contributed by atoms with Crippen LogP contribution >= 0.6 is 27.5 Å². The summed E-state index contributed by atoms with van der Waals surface area (Å²) in [6.07, 6.45) is 1.21. The predicted molar refractivity (Wildman–Crippen MR) is 28.9 cm³/mol. The number of halogens is 2. The minimum absolute atomic E-state index is 0.466. The lowest BCUT2D eigenvalue weighted by molar-refractivity contribution is -0.107. The van der Waals surface area contributed by atoms with Crippen molar-refractivity contribution in [2.45, 2.75) is 0 Å². The fourth-order valence-electron chi connectivity index (χ4n) is 0.0495. The number of rotatable bonds is 1. The van der Waals surface area contributed by atoms with Gasteiger partial charge >= 0.3 is 0 Å². The van der Waals surface area contributed by atoms with Crippen LogP contribution in [0.1, 0.15) is 0 Å². The van der Waals surface area contributed by atoms with Crippen LogP contribution in [-0.4, -0.2) is 5.24 Å². The first-order chi connectivity index (χ1) is 2.77. The molecule has 0 atom stereocenters. The Bertz CT molecular complexity index is 78.9. The number of carbonyl (C=O) groups is 1. The van der Waals surface area contributed by atoms with E-state index < -0.39 is 5.24 Å². The molecule has 34 valence electrons. The Morgan fingerprint density at radius 3 is 2.33 bits per heavy atom. The third-order valence-electron chi connectivity index (χ3n) is 0.194. The average molecular weight is 169 g/mol. The molecule has 6 heavy (non-hydrogen) atoms. The van der Waals surface area contributed by atoms with E-state index in [0.29, 0.717) is 0 Å². The highest BCUT2D eigenvalue weighted by Gasteiger charge is 1.78. The molecule has 0 amide bonds. The monoisotopic (exact) mass is 168 g/mol. The molecule has 0 N–H and O–H groups in total. The quantitative estimate of drug-likeness (QED) is 0.431. The highest BCUT2D eigenvalue weighted by Crippen LogP contribution is 1.85. The highest BCUT2D eigenvalue weighted by molar-refractivity contribution is 9.11. The SMILES string of the molecule is O=C(Cl)C=CBr. The van der Waals surface area contributed by atoms with Crippen LogP contribution in [0.3, 0.4) is 0 Å². The third kappa shape index (κ3) is 4.18. The minimum Gasteiger partial charge on any atom is -0.276 e. The summed E-state index contributed by atoms with van der Waals surface area (Å²) in [7, 11) is 0. The standard InChI is InChI=1S/C3H2BrClO/c4-2-1-3(5)6/h1-2H. The number of allylic oxidation sites excluding steroid dienone is 1. The fourth-order valence-corrected chi connectivity index (χ4v) is 0.505. The smallest absolute Gasteiger partial charge is 0.245 e. The highest BCUT2D eigenvalue weighted by atomic mass is 79.9. The lowest BCUT2D eigenvalue weighted by Crippen LogP contribution is -1.69. The molecule has 0 aliphatic rings. The Kier molecular flexibility index (Phi) is 3.47. The minimum atomic E-state index is -0.466. The summed E-state index contributed by atoms with van der Waals surface area (Å²) >= 11 is 7.69. The maximum absolute atomic E-state index is 9.69. The molecule has 0 aromatic rings. The molecule has 1 nitrogen and oxygen atoms in total. The molecule has 0 unspecified atom stereocenters. The van der Waals surface area contributed by atoms with Gasteiger partial charge in [0.15, 0.2) is 0 Å². The predicted octanol–water partition coefficient (Wildman–Crippen LogP) is 1.66. The normalized spacial score (nSPS) is 9.67. The fraction of sp³-hybridized carbons (Fsp3) is 0. The molecule has 0 spiro atoms. The van der Waals surface area contributed by atoms with Crippen LogP contribution in [0.2, 0.25) is 0 Å². The number of hydrogen-bond donors (Lipinski definition) is 0. The van der Waals surface area contributed by atoms with E-state index in [1.165, 1.54) is 11.1 Å². The lowest BCUT2D eigenvalue weighted by atomic mass is 10.7. The summed E-state index contributed by atoms with van der Waals surface area (Å²) in [4.78, 5) is 11.1. The van der Waals surface area contributed by atoms with Gasteiger partial charge in [-0.1, -0.05) is 15.9 Å².